The first kappa shape index (κ1) is 16.1. The van der Waals surface area contributed by atoms with Crippen LogP contribution in [0.1, 0.15) is 11.3 Å². The molecule has 6 nitrogen and oxygen atoms in total. The summed E-state index contributed by atoms with van der Waals surface area (Å²) in [5.41, 5.74) is 1.94. The minimum Gasteiger partial charge on any atom is -0.497 e. The summed E-state index contributed by atoms with van der Waals surface area (Å²) in [6, 6.07) is 11.6. The van der Waals surface area contributed by atoms with Crippen molar-refractivity contribution >= 4 is 23.0 Å². The molecule has 0 fully saturated rings. The highest BCUT2D eigenvalue weighted by molar-refractivity contribution is 7.80. The van der Waals surface area contributed by atoms with E-state index in [-0.39, 0.29) is 0 Å². The quantitative estimate of drug-likeness (QED) is 0.672. The normalized spacial score (nSPS) is 10.4. The summed E-state index contributed by atoms with van der Waals surface area (Å²) >= 11 is 5.26. The second-order valence-corrected chi connectivity index (χ2v) is 5.57. The van der Waals surface area contributed by atoms with Crippen LogP contribution >= 0.6 is 12.2 Å². The van der Waals surface area contributed by atoms with Crippen LogP contribution in [0.2, 0.25) is 0 Å². The molecule has 0 aliphatic rings. The molecule has 0 saturated carbocycles. The number of anilines is 1. The van der Waals surface area contributed by atoms with Crippen molar-refractivity contribution in [2.24, 2.45) is 0 Å². The largest absolute Gasteiger partial charge is 0.497 e. The van der Waals surface area contributed by atoms with Gasteiger partial charge in [-0.25, -0.2) is 0 Å². The van der Waals surface area contributed by atoms with Crippen molar-refractivity contribution in [3.05, 3.63) is 66.4 Å². The zero-order chi connectivity index (χ0) is 16.8. The van der Waals surface area contributed by atoms with Crippen LogP contribution in [0.3, 0.4) is 0 Å². The van der Waals surface area contributed by atoms with Crippen LogP contribution < -0.4 is 15.4 Å². The van der Waals surface area contributed by atoms with E-state index in [4.69, 9.17) is 21.4 Å². The van der Waals surface area contributed by atoms with Crippen LogP contribution in [0, 0.1) is 0 Å². The Morgan fingerprint density at radius 3 is 3.04 bits per heavy atom. The zero-order valence-electron chi connectivity index (χ0n) is 13.2. The highest BCUT2D eigenvalue weighted by atomic mass is 32.1. The van der Waals surface area contributed by atoms with Gasteiger partial charge in [0.25, 0.3) is 0 Å². The molecular weight excluding hydrogens is 324 g/mol. The molecule has 0 bridgehead atoms. The van der Waals surface area contributed by atoms with Gasteiger partial charge >= 0.3 is 0 Å². The van der Waals surface area contributed by atoms with Gasteiger partial charge in [0, 0.05) is 6.20 Å². The van der Waals surface area contributed by atoms with Gasteiger partial charge in [0.1, 0.15) is 11.5 Å². The molecule has 0 spiro atoms. The van der Waals surface area contributed by atoms with Crippen molar-refractivity contribution in [1.29, 1.82) is 0 Å². The van der Waals surface area contributed by atoms with Crippen molar-refractivity contribution < 1.29 is 9.15 Å². The number of hydrogen-bond acceptors (Lipinski definition) is 4. The van der Waals surface area contributed by atoms with E-state index >= 15 is 0 Å². The van der Waals surface area contributed by atoms with E-state index in [9.17, 15) is 0 Å². The van der Waals surface area contributed by atoms with E-state index < -0.39 is 0 Å². The molecule has 7 heteroatoms. The fourth-order valence-electron chi connectivity index (χ4n) is 2.23. The summed E-state index contributed by atoms with van der Waals surface area (Å²) < 4.78 is 12.3. The molecule has 2 heterocycles. The van der Waals surface area contributed by atoms with Crippen molar-refractivity contribution in [3.63, 3.8) is 0 Å². The number of nitrogens with zero attached hydrogens (tertiary/aromatic N) is 2. The number of aromatic nitrogens is 2. The van der Waals surface area contributed by atoms with E-state index in [1.165, 1.54) is 0 Å². The first-order valence-electron chi connectivity index (χ1n) is 7.45. The first-order chi connectivity index (χ1) is 11.7. The minimum absolute atomic E-state index is 0.521. The number of hydrogen-bond donors (Lipinski definition) is 2. The number of ether oxygens (including phenoxy) is 1. The summed E-state index contributed by atoms with van der Waals surface area (Å²) in [6.45, 7) is 1.20. The predicted molar refractivity (Wildman–Crippen MR) is 96.1 cm³/mol. The third-order valence-corrected chi connectivity index (χ3v) is 3.62. The smallest absolute Gasteiger partial charge is 0.171 e. The Balaban J connectivity index is 1.53. The Morgan fingerprint density at radius 1 is 1.33 bits per heavy atom. The number of thiocarbonyl (C=S) groups is 1. The molecule has 0 amide bonds. The van der Waals surface area contributed by atoms with Crippen LogP contribution in [0.25, 0.3) is 0 Å². The van der Waals surface area contributed by atoms with Crippen LogP contribution in [-0.2, 0) is 13.1 Å². The number of methoxy groups -OCH3 is 1. The lowest BCUT2D eigenvalue weighted by Crippen LogP contribution is -2.27. The van der Waals surface area contributed by atoms with Gasteiger partial charge in [-0.3, -0.25) is 4.68 Å². The number of rotatable bonds is 6. The number of benzene rings is 1. The Bertz CT molecular complexity index is 799. The zero-order valence-corrected chi connectivity index (χ0v) is 14.0. The summed E-state index contributed by atoms with van der Waals surface area (Å²) in [6.07, 6.45) is 5.28. The maximum absolute atomic E-state index is 5.26. The van der Waals surface area contributed by atoms with Gasteiger partial charge in [0.15, 0.2) is 5.11 Å². The van der Waals surface area contributed by atoms with E-state index in [0.29, 0.717) is 18.2 Å². The van der Waals surface area contributed by atoms with Gasteiger partial charge in [-0.2, -0.15) is 5.10 Å². The van der Waals surface area contributed by atoms with Crippen LogP contribution in [-0.4, -0.2) is 22.0 Å². The molecule has 124 valence electrons. The second kappa shape index (κ2) is 7.65. The fourth-order valence-corrected chi connectivity index (χ4v) is 2.42. The topological polar surface area (TPSA) is 64.2 Å². The van der Waals surface area contributed by atoms with Crippen LogP contribution in [0.15, 0.2) is 59.5 Å². The van der Waals surface area contributed by atoms with Crippen molar-refractivity contribution in [2.75, 3.05) is 12.4 Å². The highest BCUT2D eigenvalue weighted by Crippen LogP contribution is 2.14. The van der Waals surface area contributed by atoms with Crippen LogP contribution in [0.4, 0.5) is 5.69 Å². The Morgan fingerprint density at radius 2 is 2.25 bits per heavy atom. The molecule has 0 unspecified atom stereocenters. The number of furan rings is 1. The van der Waals surface area contributed by atoms with Crippen LogP contribution in [0.5, 0.6) is 5.75 Å². The van der Waals surface area contributed by atoms with Gasteiger partial charge in [-0.15, -0.1) is 0 Å². The minimum atomic E-state index is 0.521. The maximum Gasteiger partial charge on any atom is 0.171 e. The first-order valence-corrected chi connectivity index (χ1v) is 7.86. The molecule has 0 aliphatic carbocycles. The molecule has 1 aromatic carbocycles. The Labute approximate surface area is 145 Å². The molecular formula is C17H18N4O2S. The molecule has 0 aliphatic heterocycles. The van der Waals surface area contributed by atoms with Crippen molar-refractivity contribution in [1.82, 2.24) is 15.1 Å². The predicted octanol–water partition coefficient (Wildman–Crippen LogP) is 3.02. The second-order valence-electron chi connectivity index (χ2n) is 5.17. The molecule has 24 heavy (non-hydrogen) atoms. The molecule has 3 aromatic rings. The molecule has 2 aromatic heterocycles. The summed E-state index contributed by atoms with van der Waals surface area (Å²) in [4.78, 5) is 0. The summed E-state index contributed by atoms with van der Waals surface area (Å²) in [7, 11) is 1.66. The Hall–Kier alpha value is -2.80. The van der Waals surface area contributed by atoms with Gasteiger partial charge < -0.3 is 19.8 Å². The summed E-state index contributed by atoms with van der Waals surface area (Å²) in [5.74, 6) is 1.66. The van der Waals surface area contributed by atoms with Gasteiger partial charge in [0.2, 0.25) is 0 Å². The molecule has 0 saturated heterocycles. The van der Waals surface area contributed by atoms with E-state index in [1.54, 1.807) is 19.6 Å². The third kappa shape index (κ3) is 4.36. The lowest BCUT2D eigenvalue weighted by atomic mass is 10.2. The van der Waals surface area contributed by atoms with E-state index in [1.807, 2.05) is 47.3 Å². The maximum atomic E-state index is 5.26. The highest BCUT2D eigenvalue weighted by Gasteiger charge is 2.04. The molecule has 0 radical (unpaired) electrons. The van der Waals surface area contributed by atoms with Gasteiger partial charge in [0.05, 0.1) is 38.3 Å². The van der Waals surface area contributed by atoms with Gasteiger partial charge in [-0.1, -0.05) is 12.1 Å². The Kier molecular flexibility index (Phi) is 5.12. The third-order valence-electron chi connectivity index (χ3n) is 3.37. The van der Waals surface area contributed by atoms with E-state index in [0.717, 1.165) is 22.8 Å². The number of nitrogens with one attached hydrogen (secondary N) is 2. The SMILES string of the molecule is COc1cccc(Cn2cc(NC(=S)NCc3ccco3)cn2)c1. The monoisotopic (exact) mass is 342 g/mol. The fraction of sp³-hybridized carbons (Fsp3) is 0.176. The average molecular weight is 342 g/mol. The van der Waals surface area contributed by atoms with Gasteiger partial charge in [-0.05, 0) is 42.0 Å². The summed E-state index contributed by atoms with van der Waals surface area (Å²) in [5, 5.41) is 11.0. The van der Waals surface area contributed by atoms with Crippen molar-refractivity contribution in [3.8, 4) is 5.75 Å². The molecule has 0 atom stereocenters. The lowest BCUT2D eigenvalue weighted by molar-refractivity contribution is 0.414. The molecule has 3 rings (SSSR count). The lowest BCUT2D eigenvalue weighted by Gasteiger charge is -2.07. The average Bonchev–Trinajstić information content (AvgIpc) is 3.25. The van der Waals surface area contributed by atoms with Crippen molar-refractivity contribution in [2.45, 2.75) is 13.1 Å². The molecule has 2 N–H and O–H groups in total. The standard InChI is InChI=1S/C17H18N4O2S/c1-22-15-5-2-4-13(8-15)11-21-12-14(9-19-21)20-17(24)18-10-16-6-3-7-23-16/h2-9,12H,10-11H2,1H3,(H2,18,20,24). The van der Waals surface area contributed by atoms with E-state index in [2.05, 4.69) is 15.7 Å².